The lowest BCUT2D eigenvalue weighted by molar-refractivity contribution is -0.142. The predicted molar refractivity (Wildman–Crippen MR) is 112 cm³/mol. The number of unbranched alkanes of at least 4 members (excludes halogenated alkanes) is 1. The zero-order valence-corrected chi connectivity index (χ0v) is 17.7. The van der Waals surface area contributed by atoms with Crippen LogP contribution in [0, 0.1) is 6.92 Å². The maximum Gasteiger partial charge on any atom is 0.242 e. The van der Waals surface area contributed by atoms with E-state index in [1.165, 1.54) is 0 Å². The number of amides is 2. The molecule has 2 amide bonds. The zero-order valence-electron chi connectivity index (χ0n) is 17.7. The van der Waals surface area contributed by atoms with Gasteiger partial charge in [-0.25, -0.2) is 0 Å². The van der Waals surface area contributed by atoms with Gasteiger partial charge in [-0.05, 0) is 31.0 Å². The van der Waals surface area contributed by atoms with Crippen molar-refractivity contribution in [3.05, 3.63) is 59.5 Å². The second-order valence-electron chi connectivity index (χ2n) is 7.16. The van der Waals surface area contributed by atoms with Crippen LogP contribution in [0.5, 0.6) is 0 Å². The Morgan fingerprint density at radius 2 is 1.76 bits per heavy atom. The molecule has 0 bridgehead atoms. The number of aryl methyl sites for hydroxylation is 1. The highest BCUT2D eigenvalue weighted by Crippen LogP contribution is 2.14. The first kappa shape index (κ1) is 22.7. The molecule has 1 aromatic heterocycles. The van der Waals surface area contributed by atoms with E-state index < -0.39 is 0 Å². The van der Waals surface area contributed by atoms with Crippen molar-refractivity contribution in [1.29, 1.82) is 0 Å². The first-order chi connectivity index (χ1) is 14.0. The molecule has 0 aliphatic heterocycles. The van der Waals surface area contributed by atoms with Gasteiger partial charge in [-0.3, -0.25) is 9.59 Å². The third kappa shape index (κ3) is 7.74. The van der Waals surface area contributed by atoms with Crippen LogP contribution in [0.25, 0.3) is 0 Å². The highest BCUT2D eigenvalue weighted by molar-refractivity contribution is 5.84. The molecule has 0 spiro atoms. The number of benzene rings is 1. The molecule has 0 saturated heterocycles. The number of furan rings is 1. The number of carbonyl (C=O) groups is 2. The van der Waals surface area contributed by atoms with E-state index in [1.807, 2.05) is 56.3 Å². The Kier molecular flexibility index (Phi) is 9.44. The minimum Gasteiger partial charge on any atom is -0.464 e. The Morgan fingerprint density at radius 3 is 2.38 bits per heavy atom. The minimum absolute atomic E-state index is 0.00856. The maximum atomic E-state index is 13.2. The molecule has 2 aromatic rings. The molecule has 158 valence electrons. The summed E-state index contributed by atoms with van der Waals surface area (Å²) in [5.41, 5.74) is 1.03. The van der Waals surface area contributed by atoms with E-state index in [0.29, 0.717) is 32.7 Å². The second-order valence-corrected chi connectivity index (χ2v) is 7.16. The number of nitrogens with zero attached hydrogens (tertiary/aromatic N) is 2. The molecule has 29 heavy (non-hydrogen) atoms. The summed E-state index contributed by atoms with van der Waals surface area (Å²) in [7, 11) is 1.59. The smallest absolute Gasteiger partial charge is 0.242 e. The first-order valence-electron chi connectivity index (χ1n) is 10.2. The van der Waals surface area contributed by atoms with Gasteiger partial charge in [0.25, 0.3) is 0 Å². The average Bonchev–Trinajstić information content (AvgIpc) is 3.14. The van der Waals surface area contributed by atoms with Crippen molar-refractivity contribution in [3.8, 4) is 0 Å². The van der Waals surface area contributed by atoms with Crippen LogP contribution in [0.1, 0.15) is 43.3 Å². The van der Waals surface area contributed by atoms with Gasteiger partial charge in [-0.1, -0.05) is 43.7 Å². The third-order valence-corrected chi connectivity index (χ3v) is 4.70. The summed E-state index contributed by atoms with van der Waals surface area (Å²) in [5, 5.41) is 0. The molecule has 1 heterocycles. The lowest BCUT2D eigenvalue weighted by Crippen LogP contribution is -2.43. The maximum absolute atomic E-state index is 13.2. The van der Waals surface area contributed by atoms with Gasteiger partial charge < -0.3 is 19.0 Å². The largest absolute Gasteiger partial charge is 0.464 e. The summed E-state index contributed by atoms with van der Waals surface area (Å²) in [6.45, 7) is 5.60. The van der Waals surface area contributed by atoms with Crippen molar-refractivity contribution in [3.63, 3.8) is 0 Å². The van der Waals surface area contributed by atoms with Gasteiger partial charge in [0, 0.05) is 26.6 Å². The minimum atomic E-state index is -0.108. The van der Waals surface area contributed by atoms with E-state index >= 15 is 0 Å². The second kappa shape index (κ2) is 12.1. The zero-order chi connectivity index (χ0) is 21.1. The van der Waals surface area contributed by atoms with Crippen molar-refractivity contribution in [2.45, 2.75) is 46.2 Å². The highest BCUT2D eigenvalue weighted by Gasteiger charge is 2.22. The molecule has 0 saturated carbocycles. The monoisotopic (exact) mass is 400 g/mol. The SMILES string of the molecule is CCCCC(=O)N(CCOC)CC(=O)N(Cc1ccccc1)Cc1ccc(C)o1. The fourth-order valence-corrected chi connectivity index (χ4v) is 3.04. The molecule has 0 N–H and O–H groups in total. The van der Waals surface area contributed by atoms with Crippen LogP contribution < -0.4 is 0 Å². The Balaban J connectivity index is 2.13. The molecular weight excluding hydrogens is 368 g/mol. The Morgan fingerprint density at radius 1 is 1.00 bits per heavy atom. The van der Waals surface area contributed by atoms with E-state index in [9.17, 15) is 9.59 Å². The summed E-state index contributed by atoms with van der Waals surface area (Å²) in [5.74, 6) is 1.42. The molecule has 0 radical (unpaired) electrons. The van der Waals surface area contributed by atoms with E-state index in [1.54, 1.807) is 16.9 Å². The molecular formula is C23H32N2O4. The van der Waals surface area contributed by atoms with Gasteiger partial charge in [-0.2, -0.15) is 0 Å². The lowest BCUT2D eigenvalue weighted by Gasteiger charge is -2.27. The van der Waals surface area contributed by atoms with Gasteiger partial charge >= 0.3 is 0 Å². The lowest BCUT2D eigenvalue weighted by atomic mass is 10.2. The van der Waals surface area contributed by atoms with Crippen molar-refractivity contribution in [1.82, 2.24) is 9.80 Å². The predicted octanol–water partition coefficient (Wildman–Crippen LogP) is 3.78. The van der Waals surface area contributed by atoms with Crippen molar-refractivity contribution in [2.24, 2.45) is 0 Å². The Labute approximate surface area is 173 Å². The van der Waals surface area contributed by atoms with Crippen molar-refractivity contribution >= 4 is 11.8 Å². The van der Waals surface area contributed by atoms with E-state index in [0.717, 1.165) is 29.9 Å². The van der Waals surface area contributed by atoms with E-state index in [-0.39, 0.29) is 18.4 Å². The molecule has 1 aromatic carbocycles. The number of rotatable bonds is 12. The molecule has 0 atom stereocenters. The topological polar surface area (TPSA) is 63.0 Å². The summed E-state index contributed by atoms with van der Waals surface area (Å²) < 4.78 is 10.8. The fourth-order valence-electron chi connectivity index (χ4n) is 3.04. The van der Waals surface area contributed by atoms with Crippen LogP contribution in [-0.4, -0.2) is 48.4 Å². The van der Waals surface area contributed by atoms with Crippen LogP contribution in [0.2, 0.25) is 0 Å². The number of methoxy groups -OCH3 is 1. The fraction of sp³-hybridized carbons (Fsp3) is 0.478. The molecule has 0 unspecified atom stereocenters. The summed E-state index contributed by atoms with van der Waals surface area (Å²) in [6, 6.07) is 13.6. The van der Waals surface area contributed by atoms with Gasteiger partial charge in [0.15, 0.2) is 0 Å². The number of carbonyl (C=O) groups excluding carboxylic acids is 2. The third-order valence-electron chi connectivity index (χ3n) is 4.70. The molecule has 6 heteroatoms. The average molecular weight is 401 g/mol. The summed E-state index contributed by atoms with van der Waals surface area (Å²) >= 11 is 0. The van der Waals surface area contributed by atoms with Crippen LogP contribution in [-0.2, 0) is 27.4 Å². The standard InChI is InChI=1S/C23H32N2O4/c1-4-5-11-22(26)24(14-15-28-3)18-23(27)25(16-20-9-7-6-8-10-20)17-21-13-12-19(2)29-21/h6-10,12-13H,4-5,11,14-18H2,1-3H3. The van der Waals surface area contributed by atoms with Crippen LogP contribution in [0.3, 0.4) is 0 Å². The van der Waals surface area contributed by atoms with E-state index in [4.69, 9.17) is 9.15 Å². The van der Waals surface area contributed by atoms with Gasteiger partial charge in [0.2, 0.25) is 11.8 Å². The van der Waals surface area contributed by atoms with E-state index in [2.05, 4.69) is 0 Å². The van der Waals surface area contributed by atoms with Gasteiger partial charge in [0.1, 0.15) is 11.5 Å². The van der Waals surface area contributed by atoms with Crippen LogP contribution in [0.15, 0.2) is 46.9 Å². The molecule has 2 rings (SSSR count). The molecule has 0 aliphatic carbocycles. The van der Waals surface area contributed by atoms with Crippen molar-refractivity contribution < 1.29 is 18.7 Å². The summed E-state index contributed by atoms with van der Waals surface area (Å²) in [4.78, 5) is 29.1. The number of ether oxygens (including phenoxy) is 1. The molecule has 0 aliphatic rings. The Bertz CT molecular complexity index is 757. The summed E-state index contributed by atoms with van der Waals surface area (Å²) in [6.07, 6.45) is 2.20. The van der Waals surface area contributed by atoms with Gasteiger partial charge in [0.05, 0.1) is 19.7 Å². The molecule has 6 nitrogen and oxygen atoms in total. The molecule has 0 fully saturated rings. The van der Waals surface area contributed by atoms with Gasteiger partial charge in [-0.15, -0.1) is 0 Å². The van der Waals surface area contributed by atoms with Crippen molar-refractivity contribution in [2.75, 3.05) is 26.8 Å². The van der Waals surface area contributed by atoms with Crippen LogP contribution >= 0.6 is 0 Å². The highest BCUT2D eigenvalue weighted by atomic mass is 16.5. The van der Waals surface area contributed by atoms with Crippen LogP contribution in [0.4, 0.5) is 0 Å². The first-order valence-corrected chi connectivity index (χ1v) is 10.2. The normalized spacial score (nSPS) is 10.7. The number of hydrogen-bond donors (Lipinski definition) is 0. The quantitative estimate of drug-likeness (QED) is 0.544. The number of hydrogen-bond acceptors (Lipinski definition) is 4. The Hall–Kier alpha value is -2.60.